The highest BCUT2D eigenvalue weighted by Crippen LogP contribution is 2.14. The number of hydrogen-bond acceptors (Lipinski definition) is 4. The monoisotopic (exact) mass is 209 g/mol. The zero-order valence-corrected chi connectivity index (χ0v) is 8.09. The van der Waals surface area contributed by atoms with E-state index in [-0.39, 0.29) is 0 Å². The van der Waals surface area contributed by atoms with Gasteiger partial charge in [0.25, 0.3) is 0 Å². The Labute approximate surface area is 86.6 Å². The second kappa shape index (κ2) is 4.92. The molecule has 0 aliphatic rings. The molecule has 0 aliphatic heterocycles. The third-order valence-electron chi connectivity index (χ3n) is 1.64. The lowest BCUT2D eigenvalue weighted by Gasteiger charge is -2.04. The normalized spacial score (nSPS) is 9.36. The van der Waals surface area contributed by atoms with E-state index < -0.39 is 7.12 Å². The van der Waals surface area contributed by atoms with E-state index in [0.717, 1.165) is 5.56 Å². The third-order valence-corrected chi connectivity index (χ3v) is 2.01. The van der Waals surface area contributed by atoms with Gasteiger partial charge in [-0.2, -0.15) is 12.6 Å². The quantitative estimate of drug-likeness (QED) is 0.225. The summed E-state index contributed by atoms with van der Waals surface area (Å²) < 4.78 is 0. The van der Waals surface area contributed by atoms with Crippen molar-refractivity contribution in [2.24, 2.45) is 5.11 Å². The standard InChI is InChI=1S/C7H8BN3O2S/c9-11-10-7-2-5(4-14)1-6(3-7)8(12)13/h1-3,12-14H,4H2. The van der Waals surface area contributed by atoms with Crippen LogP contribution in [0.25, 0.3) is 10.4 Å². The van der Waals surface area contributed by atoms with Crippen LogP contribution >= 0.6 is 12.6 Å². The molecule has 0 aliphatic carbocycles. The van der Waals surface area contributed by atoms with E-state index in [1.807, 2.05) is 0 Å². The minimum atomic E-state index is -1.57. The zero-order valence-electron chi connectivity index (χ0n) is 7.20. The first-order valence-electron chi connectivity index (χ1n) is 3.83. The second-order valence-corrected chi connectivity index (χ2v) is 2.97. The Morgan fingerprint density at radius 1 is 1.43 bits per heavy atom. The topological polar surface area (TPSA) is 89.2 Å². The average molecular weight is 209 g/mol. The number of benzene rings is 1. The van der Waals surface area contributed by atoms with Crippen molar-refractivity contribution >= 4 is 30.9 Å². The molecule has 1 rings (SSSR count). The summed E-state index contributed by atoms with van der Waals surface area (Å²) in [5, 5.41) is 21.2. The summed E-state index contributed by atoms with van der Waals surface area (Å²) in [5.41, 5.74) is 9.63. The van der Waals surface area contributed by atoms with Gasteiger partial charge in [-0.1, -0.05) is 17.2 Å². The van der Waals surface area contributed by atoms with Crippen LogP contribution in [0.4, 0.5) is 5.69 Å². The number of thiol groups is 1. The first-order chi connectivity index (χ1) is 6.67. The van der Waals surface area contributed by atoms with Gasteiger partial charge >= 0.3 is 7.12 Å². The van der Waals surface area contributed by atoms with Gasteiger partial charge in [0.1, 0.15) is 0 Å². The van der Waals surface area contributed by atoms with Gasteiger partial charge in [0.2, 0.25) is 0 Å². The lowest BCUT2D eigenvalue weighted by molar-refractivity contribution is 0.426. The van der Waals surface area contributed by atoms with E-state index in [0.29, 0.717) is 16.9 Å². The number of nitrogens with zero attached hydrogens (tertiary/aromatic N) is 3. The summed E-state index contributed by atoms with van der Waals surface area (Å²) in [5.74, 6) is 0.439. The maximum absolute atomic E-state index is 8.93. The van der Waals surface area contributed by atoms with Crippen molar-refractivity contribution in [2.45, 2.75) is 5.75 Å². The van der Waals surface area contributed by atoms with E-state index >= 15 is 0 Å². The third kappa shape index (κ3) is 2.68. The zero-order chi connectivity index (χ0) is 10.6. The predicted molar refractivity (Wildman–Crippen MR) is 57.8 cm³/mol. The molecule has 0 aromatic heterocycles. The fourth-order valence-electron chi connectivity index (χ4n) is 1.05. The Bertz CT molecular complexity index is 379. The van der Waals surface area contributed by atoms with Crippen molar-refractivity contribution < 1.29 is 10.0 Å². The molecule has 0 fully saturated rings. The fraction of sp³-hybridized carbons (Fsp3) is 0.143. The molecule has 5 nitrogen and oxygen atoms in total. The molecule has 0 amide bonds. The molecule has 1 aromatic carbocycles. The molecule has 0 saturated carbocycles. The summed E-state index contributed by atoms with van der Waals surface area (Å²) in [6.07, 6.45) is 0. The van der Waals surface area contributed by atoms with Crippen LogP contribution in [0.5, 0.6) is 0 Å². The molecule has 2 N–H and O–H groups in total. The van der Waals surface area contributed by atoms with Gasteiger partial charge in [0.15, 0.2) is 0 Å². The van der Waals surface area contributed by atoms with Crippen LogP contribution in [0.1, 0.15) is 5.56 Å². The first-order valence-corrected chi connectivity index (χ1v) is 4.46. The molecule has 0 radical (unpaired) electrons. The van der Waals surface area contributed by atoms with Gasteiger partial charge in [-0.15, -0.1) is 0 Å². The lowest BCUT2D eigenvalue weighted by Crippen LogP contribution is -2.29. The highest BCUT2D eigenvalue weighted by atomic mass is 32.1. The Kier molecular flexibility index (Phi) is 3.85. The van der Waals surface area contributed by atoms with Crippen molar-refractivity contribution in [2.75, 3.05) is 0 Å². The number of hydrogen-bond donors (Lipinski definition) is 3. The minimum Gasteiger partial charge on any atom is -0.423 e. The molecule has 0 heterocycles. The minimum absolute atomic E-state index is 0.291. The van der Waals surface area contributed by atoms with Crippen LogP contribution in [0, 0.1) is 0 Å². The number of azide groups is 1. The molecule has 0 bridgehead atoms. The number of rotatable bonds is 3. The summed E-state index contributed by atoms with van der Waals surface area (Å²) in [6, 6.07) is 4.64. The van der Waals surface area contributed by atoms with Gasteiger partial charge in [0.05, 0.1) is 0 Å². The Hall–Kier alpha value is -1.14. The van der Waals surface area contributed by atoms with Crippen molar-refractivity contribution in [1.29, 1.82) is 0 Å². The van der Waals surface area contributed by atoms with E-state index in [4.69, 9.17) is 15.6 Å². The maximum atomic E-state index is 8.93. The molecule has 72 valence electrons. The van der Waals surface area contributed by atoms with E-state index in [2.05, 4.69) is 22.7 Å². The highest BCUT2D eigenvalue weighted by molar-refractivity contribution is 7.79. The molecule has 0 atom stereocenters. The molecule has 0 unspecified atom stereocenters. The van der Waals surface area contributed by atoms with Crippen molar-refractivity contribution in [3.05, 3.63) is 34.2 Å². The Morgan fingerprint density at radius 2 is 2.14 bits per heavy atom. The molecule has 0 saturated heterocycles. The van der Waals surface area contributed by atoms with Gasteiger partial charge in [-0.25, -0.2) is 0 Å². The first kappa shape index (κ1) is 10.9. The van der Waals surface area contributed by atoms with Crippen LogP contribution in [0.3, 0.4) is 0 Å². The van der Waals surface area contributed by atoms with Crippen molar-refractivity contribution in [1.82, 2.24) is 0 Å². The summed E-state index contributed by atoms with van der Waals surface area (Å²) in [4.78, 5) is 2.62. The van der Waals surface area contributed by atoms with E-state index in [9.17, 15) is 0 Å². The summed E-state index contributed by atoms with van der Waals surface area (Å²) >= 11 is 4.04. The van der Waals surface area contributed by atoms with Gasteiger partial charge in [0, 0.05) is 16.4 Å². The van der Waals surface area contributed by atoms with E-state index in [1.54, 1.807) is 12.1 Å². The lowest BCUT2D eigenvalue weighted by atomic mass is 9.79. The predicted octanol–water partition coefficient (Wildman–Crippen LogP) is 0.738. The van der Waals surface area contributed by atoms with Crippen LogP contribution in [0.15, 0.2) is 23.3 Å². The van der Waals surface area contributed by atoms with Crippen LogP contribution in [-0.4, -0.2) is 17.2 Å². The molecule has 1 aromatic rings. The fourth-order valence-corrected chi connectivity index (χ4v) is 1.23. The maximum Gasteiger partial charge on any atom is 0.488 e. The highest BCUT2D eigenvalue weighted by Gasteiger charge is 2.12. The van der Waals surface area contributed by atoms with Crippen molar-refractivity contribution in [3.8, 4) is 0 Å². The smallest absolute Gasteiger partial charge is 0.423 e. The molecular weight excluding hydrogens is 201 g/mol. The Morgan fingerprint density at radius 3 is 2.64 bits per heavy atom. The van der Waals surface area contributed by atoms with Crippen LogP contribution in [-0.2, 0) is 5.75 Å². The van der Waals surface area contributed by atoms with Crippen molar-refractivity contribution in [3.63, 3.8) is 0 Å². The second-order valence-electron chi connectivity index (χ2n) is 2.65. The molecule has 7 heteroatoms. The van der Waals surface area contributed by atoms with Gasteiger partial charge in [-0.3, -0.25) is 0 Å². The average Bonchev–Trinajstić information content (AvgIpc) is 2.17. The van der Waals surface area contributed by atoms with Crippen LogP contribution in [0.2, 0.25) is 0 Å². The molecule has 14 heavy (non-hydrogen) atoms. The summed E-state index contributed by atoms with van der Waals surface area (Å²) in [6.45, 7) is 0. The Balaban J connectivity index is 3.19. The molecule has 0 spiro atoms. The molecular formula is C7H8BN3O2S. The van der Waals surface area contributed by atoms with E-state index in [1.165, 1.54) is 6.07 Å². The van der Waals surface area contributed by atoms with Gasteiger partial charge in [-0.05, 0) is 22.6 Å². The van der Waals surface area contributed by atoms with Gasteiger partial charge < -0.3 is 10.0 Å². The summed E-state index contributed by atoms with van der Waals surface area (Å²) in [7, 11) is -1.57. The largest absolute Gasteiger partial charge is 0.488 e. The SMILES string of the molecule is [N-]=[N+]=Nc1cc(CS)cc(B(O)O)c1. The van der Waals surface area contributed by atoms with Crippen LogP contribution < -0.4 is 5.46 Å².